The fourth-order valence-electron chi connectivity index (χ4n) is 1.82. The molecule has 0 fully saturated rings. The van der Waals surface area contributed by atoms with Crippen LogP contribution in [0, 0.1) is 0 Å². The molecule has 0 aliphatic carbocycles. The van der Waals surface area contributed by atoms with E-state index in [-0.39, 0.29) is 18.6 Å². The standard InChI is InChI=1S/C16H15BrClNO2/c1-11(12-3-2-4-13(17)9-12)19-16(20)10-21-15-7-5-14(18)6-8-15/h2-9,11H,10H2,1H3,(H,19,20)/t11-/m1/s1. The van der Waals surface area contributed by atoms with Crippen LogP contribution in [0.4, 0.5) is 0 Å². The molecule has 0 radical (unpaired) electrons. The maximum atomic E-state index is 11.9. The molecule has 0 bridgehead atoms. The van der Waals surface area contributed by atoms with Gasteiger partial charge >= 0.3 is 0 Å². The molecule has 2 aromatic rings. The van der Waals surface area contributed by atoms with Crippen molar-refractivity contribution in [3.8, 4) is 5.75 Å². The van der Waals surface area contributed by atoms with Crippen molar-refractivity contribution < 1.29 is 9.53 Å². The van der Waals surface area contributed by atoms with Crippen LogP contribution in [0.5, 0.6) is 5.75 Å². The van der Waals surface area contributed by atoms with Crippen molar-refractivity contribution in [2.24, 2.45) is 0 Å². The number of rotatable bonds is 5. The molecular formula is C16H15BrClNO2. The predicted octanol–water partition coefficient (Wildman–Crippen LogP) is 4.36. The Morgan fingerprint density at radius 2 is 2.00 bits per heavy atom. The first-order valence-corrected chi connectivity index (χ1v) is 7.65. The molecule has 0 aliphatic rings. The summed E-state index contributed by atoms with van der Waals surface area (Å²) in [5.74, 6) is 0.446. The van der Waals surface area contributed by atoms with Crippen molar-refractivity contribution in [3.05, 3.63) is 63.6 Å². The van der Waals surface area contributed by atoms with Gasteiger partial charge in [-0.3, -0.25) is 4.79 Å². The predicted molar refractivity (Wildman–Crippen MR) is 87.6 cm³/mol. The van der Waals surface area contributed by atoms with Gasteiger partial charge in [-0.25, -0.2) is 0 Å². The van der Waals surface area contributed by atoms with E-state index in [4.69, 9.17) is 16.3 Å². The van der Waals surface area contributed by atoms with Crippen LogP contribution in [0.2, 0.25) is 5.02 Å². The summed E-state index contributed by atoms with van der Waals surface area (Å²) in [6.45, 7) is 1.90. The van der Waals surface area contributed by atoms with E-state index >= 15 is 0 Å². The van der Waals surface area contributed by atoms with Crippen LogP contribution in [0.25, 0.3) is 0 Å². The number of nitrogens with one attached hydrogen (secondary N) is 1. The summed E-state index contributed by atoms with van der Waals surface area (Å²) in [5.41, 5.74) is 1.03. The van der Waals surface area contributed by atoms with E-state index in [2.05, 4.69) is 21.2 Å². The molecule has 2 aromatic carbocycles. The highest BCUT2D eigenvalue weighted by molar-refractivity contribution is 9.10. The van der Waals surface area contributed by atoms with Crippen molar-refractivity contribution in [2.45, 2.75) is 13.0 Å². The lowest BCUT2D eigenvalue weighted by Gasteiger charge is -2.15. The molecular weight excluding hydrogens is 354 g/mol. The first kappa shape index (κ1) is 15.9. The fourth-order valence-corrected chi connectivity index (χ4v) is 2.37. The minimum Gasteiger partial charge on any atom is -0.484 e. The quantitative estimate of drug-likeness (QED) is 0.851. The Hall–Kier alpha value is -1.52. The van der Waals surface area contributed by atoms with Gasteiger partial charge in [-0.15, -0.1) is 0 Å². The van der Waals surface area contributed by atoms with E-state index in [0.717, 1.165) is 10.0 Å². The van der Waals surface area contributed by atoms with E-state index in [0.29, 0.717) is 10.8 Å². The largest absolute Gasteiger partial charge is 0.484 e. The van der Waals surface area contributed by atoms with E-state index in [1.54, 1.807) is 24.3 Å². The lowest BCUT2D eigenvalue weighted by molar-refractivity contribution is -0.123. The second-order valence-electron chi connectivity index (χ2n) is 4.59. The molecule has 5 heteroatoms. The summed E-state index contributed by atoms with van der Waals surface area (Å²) >= 11 is 9.20. The van der Waals surface area contributed by atoms with Gasteiger partial charge in [-0.2, -0.15) is 0 Å². The second kappa shape index (κ2) is 7.48. The molecule has 110 valence electrons. The monoisotopic (exact) mass is 367 g/mol. The van der Waals surface area contributed by atoms with Crippen LogP contribution in [0.15, 0.2) is 53.0 Å². The van der Waals surface area contributed by atoms with Gasteiger partial charge in [-0.1, -0.05) is 39.7 Å². The van der Waals surface area contributed by atoms with Gasteiger partial charge in [0.15, 0.2) is 6.61 Å². The van der Waals surface area contributed by atoms with Gasteiger partial charge in [-0.05, 0) is 48.9 Å². The molecule has 0 saturated heterocycles. The minimum absolute atomic E-state index is 0.0278. The lowest BCUT2D eigenvalue weighted by atomic mass is 10.1. The van der Waals surface area contributed by atoms with Crippen molar-refractivity contribution in [3.63, 3.8) is 0 Å². The Balaban J connectivity index is 1.85. The molecule has 21 heavy (non-hydrogen) atoms. The smallest absolute Gasteiger partial charge is 0.258 e. The zero-order valence-corrected chi connectivity index (χ0v) is 13.8. The SMILES string of the molecule is C[C@@H](NC(=O)COc1ccc(Cl)cc1)c1cccc(Br)c1. The number of carbonyl (C=O) groups is 1. The highest BCUT2D eigenvalue weighted by Crippen LogP contribution is 2.18. The third kappa shape index (κ3) is 5.06. The average molecular weight is 369 g/mol. The molecule has 0 saturated carbocycles. The first-order valence-electron chi connectivity index (χ1n) is 6.48. The van der Waals surface area contributed by atoms with Gasteiger partial charge in [0.2, 0.25) is 0 Å². The maximum absolute atomic E-state index is 11.9. The van der Waals surface area contributed by atoms with Crippen LogP contribution in [-0.4, -0.2) is 12.5 Å². The molecule has 0 aliphatic heterocycles. The number of halogens is 2. The number of benzene rings is 2. The van der Waals surface area contributed by atoms with Crippen LogP contribution in [0.3, 0.4) is 0 Å². The Labute approximate surface area is 137 Å². The van der Waals surface area contributed by atoms with Gasteiger partial charge in [0, 0.05) is 9.50 Å². The number of hydrogen-bond donors (Lipinski definition) is 1. The molecule has 0 unspecified atom stereocenters. The highest BCUT2D eigenvalue weighted by atomic mass is 79.9. The number of amides is 1. The van der Waals surface area contributed by atoms with Gasteiger partial charge < -0.3 is 10.1 Å². The van der Waals surface area contributed by atoms with Crippen molar-refractivity contribution in [2.75, 3.05) is 6.61 Å². The van der Waals surface area contributed by atoms with E-state index in [9.17, 15) is 4.79 Å². The third-order valence-corrected chi connectivity index (χ3v) is 3.65. The summed E-state index contributed by atoms with van der Waals surface area (Å²) < 4.78 is 6.39. The third-order valence-electron chi connectivity index (χ3n) is 2.91. The molecule has 0 spiro atoms. The number of hydrogen-bond acceptors (Lipinski definition) is 2. The number of carbonyl (C=O) groups excluding carboxylic acids is 1. The van der Waals surface area contributed by atoms with Crippen LogP contribution in [-0.2, 0) is 4.79 Å². The zero-order chi connectivity index (χ0) is 15.2. The van der Waals surface area contributed by atoms with E-state index < -0.39 is 0 Å². The average Bonchev–Trinajstić information content (AvgIpc) is 2.46. The van der Waals surface area contributed by atoms with E-state index in [1.165, 1.54) is 0 Å². The molecule has 1 N–H and O–H groups in total. The van der Waals surface area contributed by atoms with E-state index in [1.807, 2.05) is 31.2 Å². The molecule has 3 nitrogen and oxygen atoms in total. The molecule has 1 atom stereocenters. The molecule has 0 aromatic heterocycles. The molecule has 0 heterocycles. The summed E-state index contributed by atoms with van der Waals surface area (Å²) in [6, 6.07) is 14.6. The number of ether oxygens (including phenoxy) is 1. The summed E-state index contributed by atoms with van der Waals surface area (Å²) in [5, 5.41) is 3.53. The minimum atomic E-state index is -0.169. The van der Waals surface area contributed by atoms with Crippen molar-refractivity contribution in [1.29, 1.82) is 0 Å². The summed E-state index contributed by atoms with van der Waals surface area (Å²) in [4.78, 5) is 11.9. The topological polar surface area (TPSA) is 38.3 Å². The van der Waals surface area contributed by atoms with Gasteiger partial charge in [0.05, 0.1) is 6.04 Å². The maximum Gasteiger partial charge on any atom is 0.258 e. The fraction of sp³-hybridized carbons (Fsp3) is 0.188. The molecule has 2 rings (SSSR count). The Bertz CT molecular complexity index is 616. The summed E-state index contributed by atoms with van der Waals surface area (Å²) in [7, 11) is 0. The normalized spacial score (nSPS) is 11.8. The zero-order valence-electron chi connectivity index (χ0n) is 11.5. The Morgan fingerprint density at radius 3 is 2.67 bits per heavy atom. The van der Waals surface area contributed by atoms with Crippen LogP contribution in [0.1, 0.15) is 18.5 Å². The van der Waals surface area contributed by atoms with Gasteiger partial charge in [0.25, 0.3) is 5.91 Å². The second-order valence-corrected chi connectivity index (χ2v) is 5.94. The summed E-state index contributed by atoms with van der Waals surface area (Å²) in [6.07, 6.45) is 0. The van der Waals surface area contributed by atoms with Crippen molar-refractivity contribution >= 4 is 33.4 Å². The van der Waals surface area contributed by atoms with Gasteiger partial charge in [0.1, 0.15) is 5.75 Å². The Morgan fingerprint density at radius 1 is 1.29 bits per heavy atom. The van der Waals surface area contributed by atoms with Crippen LogP contribution < -0.4 is 10.1 Å². The lowest BCUT2D eigenvalue weighted by Crippen LogP contribution is -2.31. The first-order chi connectivity index (χ1) is 10.0. The Kier molecular flexibility index (Phi) is 5.65. The van der Waals surface area contributed by atoms with Crippen LogP contribution >= 0.6 is 27.5 Å². The molecule has 1 amide bonds. The van der Waals surface area contributed by atoms with Crippen molar-refractivity contribution in [1.82, 2.24) is 5.32 Å². The highest BCUT2D eigenvalue weighted by Gasteiger charge is 2.10.